The Labute approximate surface area is 210 Å². The van der Waals surface area contributed by atoms with Crippen LogP contribution in [0.15, 0.2) is 81.6 Å². The van der Waals surface area contributed by atoms with E-state index >= 15 is 0 Å². The molecule has 0 aliphatic heterocycles. The van der Waals surface area contributed by atoms with Crippen LogP contribution in [0.5, 0.6) is 0 Å². The lowest BCUT2D eigenvalue weighted by atomic mass is 9.95. The predicted octanol–water partition coefficient (Wildman–Crippen LogP) is 10.8. The molecule has 2 unspecified atom stereocenters. The van der Waals surface area contributed by atoms with Gasteiger partial charge in [-0.3, -0.25) is 0 Å². The first kappa shape index (κ1) is 21.5. The summed E-state index contributed by atoms with van der Waals surface area (Å²) in [4.78, 5) is 0. The van der Waals surface area contributed by atoms with Crippen LogP contribution in [0.1, 0.15) is 63.5 Å². The summed E-state index contributed by atoms with van der Waals surface area (Å²) in [6, 6.07) is 26.9. The van der Waals surface area contributed by atoms with Crippen molar-refractivity contribution in [3.05, 3.63) is 83.9 Å². The van der Waals surface area contributed by atoms with Crippen molar-refractivity contribution in [2.45, 2.75) is 52.4 Å². The Hall–Kier alpha value is -3.78. The van der Waals surface area contributed by atoms with Crippen LogP contribution in [0.3, 0.4) is 0 Å². The van der Waals surface area contributed by atoms with E-state index in [1.807, 2.05) is 0 Å². The monoisotopic (exact) mass is 470 g/mol. The first-order valence-electron chi connectivity index (χ1n) is 13.2. The molecule has 5 aromatic carbocycles. The third-order valence-corrected chi connectivity index (χ3v) is 8.39. The summed E-state index contributed by atoms with van der Waals surface area (Å²) in [6.45, 7) is 9.05. The van der Waals surface area contributed by atoms with E-state index in [1.54, 1.807) is 0 Å². The third-order valence-electron chi connectivity index (χ3n) is 8.39. The van der Waals surface area contributed by atoms with Gasteiger partial charge in [-0.25, -0.2) is 0 Å². The fraction of sp³-hybridized carbons (Fsp3) is 0.235. The van der Waals surface area contributed by atoms with Crippen LogP contribution >= 0.6 is 0 Å². The van der Waals surface area contributed by atoms with Gasteiger partial charge < -0.3 is 8.83 Å². The molecule has 0 aliphatic rings. The summed E-state index contributed by atoms with van der Waals surface area (Å²) in [5.74, 6) is 1.11. The second-order valence-corrected chi connectivity index (χ2v) is 10.6. The van der Waals surface area contributed by atoms with E-state index in [0.29, 0.717) is 11.8 Å². The smallest absolute Gasteiger partial charge is 0.136 e. The van der Waals surface area contributed by atoms with Crippen LogP contribution in [0.25, 0.3) is 65.4 Å². The maximum atomic E-state index is 6.41. The van der Waals surface area contributed by atoms with Crippen molar-refractivity contribution >= 4 is 65.4 Å². The number of benzene rings is 5. The van der Waals surface area contributed by atoms with Crippen LogP contribution in [0.2, 0.25) is 0 Å². The topological polar surface area (TPSA) is 26.3 Å². The predicted molar refractivity (Wildman–Crippen MR) is 153 cm³/mol. The molecule has 2 heteroatoms. The minimum Gasteiger partial charge on any atom is -0.456 e. The Balaban J connectivity index is 1.43. The summed E-state index contributed by atoms with van der Waals surface area (Å²) in [5.41, 5.74) is 6.44. The molecule has 2 nitrogen and oxygen atoms in total. The summed E-state index contributed by atoms with van der Waals surface area (Å²) in [7, 11) is 0. The lowest BCUT2D eigenvalue weighted by molar-refractivity contribution is 0.664. The second-order valence-electron chi connectivity index (χ2n) is 10.6. The first-order chi connectivity index (χ1) is 17.5. The average molecular weight is 471 g/mol. The Kier molecular flexibility index (Phi) is 4.70. The average Bonchev–Trinajstić information content (AvgIpc) is 3.43. The number of hydrogen-bond acceptors (Lipinski definition) is 2. The number of rotatable bonds is 4. The molecule has 0 spiro atoms. The summed E-state index contributed by atoms with van der Waals surface area (Å²) < 4.78 is 12.8. The Morgan fingerprint density at radius 2 is 0.861 bits per heavy atom. The van der Waals surface area contributed by atoms with Crippen molar-refractivity contribution in [3.8, 4) is 0 Å². The molecule has 7 rings (SSSR count). The summed E-state index contributed by atoms with van der Waals surface area (Å²) in [6.07, 6.45) is 2.28. The maximum absolute atomic E-state index is 6.41. The highest BCUT2D eigenvalue weighted by atomic mass is 16.3. The SMILES string of the molecule is CCC(C)c1ccc2cc3c(cc2c1)oc1cc2c(cc13)oc1cc3cc(C(C)CC)ccc3cc12. The van der Waals surface area contributed by atoms with Crippen LogP contribution in [0.4, 0.5) is 0 Å². The van der Waals surface area contributed by atoms with Crippen LogP contribution in [-0.2, 0) is 0 Å². The van der Waals surface area contributed by atoms with Gasteiger partial charge in [0.05, 0.1) is 0 Å². The molecule has 0 aliphatic carbocycles. The summed E-state index contributed by atoms with van der Waals surface area (Å²) >= 11 is 0. The fourth-order valence-electron chi connectivity index (χ4n) is 5.65. The zero-order valence-corrected chi connectivity index (χ0v) is 21.3. The molecule has 0 N–H and O–H groups in total. The minimum atomic E-state index is 0.554. The lowest BCUT2D eigenvalue weighted by Gasteiger charge is -2.10. The van der Waals surface area contributed by atoms with Crippen molar-refractivity contribution in [3.63, 3.8) is 0 Å². The number of hydrogen-bond donors (Lipinski definition) is 0. The molecule has 2 heterocycles. The molecule has 0 bridgehead atoms. The molecule has 178 valence electrons. The molecule has 0 amide bonds. The Morgan fingerprint density at radius 3 is 1.28 bits per heavy atom. The summed E-state index contributed by atoms with van der Waals surface area (Å²) in [5, 5.41) is 9.43. The van der Waals surface area contributed by atoms with Crippen molar-refractivity contribution < 1.29 is 8.83 Å². The van der Waals surface area contributed by atoms with Gasteiger partial charge >= 0.3 is 0 Å². The van der Waals surface area contributed by atoms with Crippen molar-refractivity contribution in [1.82, 2.24) is 0 Å². The molecule has 0 radical (unpaired) electrons. The molecule has 36 heavy (non-hydrogen) atoms. The molecule has 7 aromatic rings. The van der Waals surface area contributed by atoms with E-state index in [4.69, 9.17) is 8.83 Å². The van der Waals surface area contributed by atoms with Crippen LogP contribution in [0, 0.1) is 0 Å². The highest BCUT2D eigenvalue weighted by Crippen LogP contribution is 2.39. The largest absolute Gasteiger partial charge is 0.456 e. The zero-order chi connectivity index (χ0) is 24.6. The molecule has 0 saturated carbocycles. The van der Waals surface area contributed by atoms with Crippen LogP contribution in [-0.4, -0.2) is 0 Å². The van der Waals surface area contributed by atoms with E-state index in [-0.39, 0.29) is 0 Å². The van der Waals surface area contributed by atoms with Gasteiger partial charge in [-0.1, -0.05) is 64.1 Å². The van der Waals surface area contributed by atoms with Gasteiger partial charge in [-0.15, -0.1) is 0 Å². The van der Waals surface area contributed by atoms with Crippen molar-refractivity contribution in [2.24, 2.45) is 0 Å². The van der Waals surface area contributed by atoms with E-state index in [2.05, 4.69) is 100 Å². The van der Waals surface area contributed by atoms with E-state index in [9.17, 15) is 0 Å². The van der Waals surface area contributed by atoms with Gasteiger partial charge in [0.1, 0.15) is 22.3 Å². The third kappa shape index (κ3) is 3.17. The van der Waals surface area contributed by atoms with Gasteiger partial charge in [0.25, 0.3) is 0 Å². The van der Waals surface area contributed by atoms with E-state index < -0.39 is 0 Å². The van der Waals surface area contributed by atoms with E-state index in [1.165, 1.54) is 32.7 Å². The second kappa shape index (κ2) is 7.86. The van der Waals surface area contributed by atoms with Gasteiger partial charge in [0.2, 0.25) is 0 Å². The minimum absolute atomic E-state index is 0.554. The van der Waals surface area contributed by atoms with Gasteiger partial charge in [-0.2, -0.15) is 0 Å². The molecular formula is C34H30O2. The fourth-order valence-corrected chi connectivity index (χ4v) is 5.65. The van der Waals surface area contributed by atoms with Gasteiger partial charge in [0, 0.05) is 21.5 Å². The first-order valence-corrected chi connectivity index (χ1v) is 13.2. The molecule has 0 fully saturated rings. The zero-order valence-electron chi connectivity index (χ0n) is 21.3. The Bertz CT molecular complexity index is 1810. The highest BCUT2D eigenvalue weighted by molar-refractivity contribution is 6.18. The molecule has 2 aromatic heterocycles. The molecular weight excluding hydrogens is 440 g/mol. The van der Waals surface area contributed by atoms with E-state index in [0.717, 1.165) is 56.7 Å². The van der Waals surface area contributed by atoms with Gasteiger partial charge in [-0.05, 0) is 93.7 Å². The standard InChI is InChI=1S/C34H30O2/c1-5-19(3)21-7-9-23-13-27-29-17-34-30(18-33(29)35-31(27)15-25(23)11-21)28-14-24-10-8-22(20(4)6-2)12-26(24)16-32(28)36-34/h7-20H,5-6H2,1-4H3. The maximum Gasteiger partial charge on any atom is 0.136 e. The lowest BCUT2D eigenvalue weighted by Crippen LogP contribution is -1.90. The van der Waals surface area contributed by atoms with Crippen molar-refractivity contribution in [1.29, 1.82) is 0 Å². The Morgan fingerprint density at radius 1 is 0.472 bits per heavy atom. The highest BCUT2D eigenvalue weighted by Gasteiger charge is 2.16. The molecule has 0 saturated heterocycles. The quantitative estimate of drug-likeness (QED) is 0.256. The van der Waals surface area contributed by atoms with Gasteiger partial charge in [0.15, 0.2) is 0 Å². The number of furan rings is 2. The van der Waals surface area contributed by atoms with Crippen molar-refractivity contribution in [2.75, 3.05) is 0 Å². The van der Waals surface area contributed by atoms with Crippen LogP contribution < -0.4 is 0 Å². The number of fused-ring (bicyclic) bond motifs is 8. The normalized spacial score (nSPS) is 14.1. The molecule has 2 atom stereocenters.